The maximum absolute atomic E-state index is 12.3. The van der Waals surface area contributed by atoms with Crippen molar-refractivity contribution in [3.63, 3.8) is 0 Å². The molecule has 0 saturated carbocycles. The van der Waals surface area contributed by atoms with Crippen LogP contribution in [0.5, 0.6) is 0 Å². The first-order chi connectivity index (χ1) is 9.02. The Balaban J connectivity index is 2.76. The van der Waals surface area contributed by atoms with Crippen LogP contribution in [0.1, 0.15) is 48.0 Å². The molecule has 1 heterocycles. The number of esters is 1. The van der Waals surface area contributed by atoms with Gasteiger partial charge in [0, 0.05) is 13.0 Å². The summed E-state index contributed by atoms with van der Waals surface area (Å²) < 4.78 is 11.0. The summed E-state index contributed by atoms with van der Waals surface area (Å²) >= 11 is 0. The van der Waals surface area contributed by atoms with Gasteiger partial charge in [-0.2, -0.15) is 0 Å². The van der Waals surface area contributed by atoms with Crippen LogP contribution in [-0.4, -0.2) is 36.7 Å². The molecule has 0 spiro atoms. The Bertz CT molecular complexity index is 365. The van der Waals surface area contributed by atoms with Crippen LogP contribution in [0.4, 0.5) is 0 Å². The Morgan fingerprint density at radius 3 is 2.40 bits per heavy atom. The average molecular weight is 285 g/mol. The fraction of sp³-hybridized carbons (Fsp3) is 0.867. The molecular weight excluding hydrogens is 258 g/mol. The summed E-state index contributed by atoms with van der Waals surface area (Å²) in [4.78, 5) is 23.6. The number of hydrogen-bond donors (Lipinski definition) is 1. The van der Waals surface area contributed by atoms with Crippen molar-refractivity contribution in [2.75, 3.05) is 13.2 Å². The summed E-state index contributed by atoms with van der Waals surface area (Å²) in [6.45, 7) is 12.3. The van der Waals surface area contributed by atoms with Crippen LogP contribution >= 0.6 is 0 Å². The minimum Gasteiger partial charge on any atom is -0.460 e. The summed E-state index contributed by atoms with van der Waals surface area (Å²) in [6.07, 6.45) is 1.24. The number of ether oxygens (including phenoxy) is 2. The van der Waals surface area contributed by atoms with Crippen LogP contribution in [0.25, 0.3) is 0 Å². The Morgan fingerprint density at radius 2 is 2.00 bits per heavy atom. The Hall–Kier alpha value is -0.940. The lowest BCUT2D eigenvalue weighted by Crippen LogP contribution is -2.48. The standard InChI is InChI=1S/C15H27NO4/c1-11(9-15(10-17)16-7-8-19-15)14(5,6)12(18)20-13(2,3)4/h10-11,16H,7-9H2,1-6H3/t11-,15?/m0/s1. The van der Waals surface area contributed by atoms with Gasteiger partial charge in [-0.25, -0.2) is 0 Å². The topological polar surface area (TPSA) is 64.6 Å². The number of nitrogens with one attached hydrogen (secondary N) is 1. The smallest absolute Gasteiger partial charge is 0.312 e. The average Bonchev–Trinajstić information content (AvgIpc) is 2.75. The third kappa shape index (κ3) is 4.03. The van der Waals surface area contributed by atoms with Gasteiger partial charge in [0.25, 0.3) is 0 Å². The van der Waals surface area contributed by atoms with Gasteiger partial charge in [-0.15, -0.1) is 0 Å². The number of hydrogen-bond acceptors (Lipinski definition) is 5. The van der Waals surface area contributed by atoms with E-state index in [-0.39, 0.29) is 11.9 Å². The third-order valence-electron chi connectivity index (χ3n) is 3.84. The van der Waals surface area contributed by atoms with Crippen LogP contribution in [0.2, 0.25) is 0 Å². The number of carbonyl (C=O) groups excluding carboxylic acids is 2. The molecule has 1 aliphatic rings. The molecule has 20 heavy (non-hydrogen) atoms. The number of carbonyl (C=O) groups is 2. The lowest BCUT2D eigenvalue weighted by molar-refractivity contribution is -0.170. The van der Waals surface area contributed by atoms with E-state index >= 15 is 0 Å². The summed E-state index contributed by atoms with van der Waals surface area (Å²) in [5.41, 5.74) is -2.16. The molecule has 0 bridgehead atoms. The van der Waals surface area contributed by atoms with E-state index in [1.54, 1.807) is 0 Å². The molecule has 0 aromatic heterocycles. The van der Waals surface area contributed by atoms with Crippen molar-refractivity contribution >= 4 is 12.3 Å². The van der Waals surface area contributed by atoms with Crippen LogP contribution in [0.15, 0.2) is 0 Å². The predicted molar refractivity (Wildman–Crippen MR) is 76.2 cm³/mol. The van der Waals surface area contributed by atoms with Gasteiger partial charge >= 0.3 is 5.97 Å². The fourth-order valence-corrected chi connectivity index (χ4v) is 2.12. The van der Waals surface area contributed by atoms with Crippen LogP contribution in [-0.2, 0) is 19.1 Å². The van der Waals surface area contributed by atoms with Crippen molar-refractivity contribution in [1.82, 2.24) is 5.32 Å². The largest absolute Gasteiger partial charge is 0.460 e. The first-order valence-corrected chi connectivity index (χ1v) is 7.11. The Morgan fingerprint density at radius 1 is 1.40 bits per heavy atom. The number of aldehydes is 1. The summed E-state index contributed by atoms with van der Waals surface area (Å²) in [5.74, 6) is -0.315. The maximum atomic E-state index is 12.3. The van der Waals surface area contributed by atoms with Crippen molar-refractivity contribution in [2.24, 2.45) is 11.3 Å². The molecule has 1 aliphatic heterocycles. The van der Waals surface area contributed by atoms with Crippen molar-refractivity contribution in [3.05, 3.63) is 0 Å². The Labute approximate surface area is 121 Å². The second kappa shape index (κ2) is 5.82. The van der Waals surface area contributed by atoms with Crippen LogP contribution in [0.3, 0.4) is 0 Å². The zero-order valence-electron chi connectivity index (χ0n) is 13.4. The van der Waals surface area contributed by atoms with Gasteiger partial charge in [0.1, 0.15) is 5.60 Å². The van der Waals surface area contributed by atoms with Gasteiger partial charge in [0.05, 0.1) is 12.0 Å². The molecule has 0 radical (unpaired) electrons. The van der Waals surface area contributed by atoms with Gasteiger partial charge in [-0.05, 0) is 40.5 Å². The van der Waals surface area contributed by atoms with Crippen molar-refractivity contribution < 1.29 is 19.1 Å². The highest BCUT2D eigenvalue weighted by Crippen LogP contribution is 2.35. The minimum atomic E-state index is -0.960. The summed E-state index contributed by atoms with van der Waals surface area (Å²) in [7, 11) is 0. The third-order valence-corrected chi connectivity index (χ3v) is 3.84. The van der Waals surface area contributed by atoms with E-state index < -0.39 is 16.7 Å². The van der Waals surface area contributed by atoms with E-state index in [2.05, 4.69) is 5.32 Å². The maximum Gasteiger partial charge on any atom is 0.312 e. The van der Waals surface area contributed by atoms with Crippen molar-refractivity contribution in [2.45, 2.75) is 59.3 Å². The van der Waals surface area contributed by atoms with E-state index in [9.17, 15) is 9.59 Å². The molecule has 1 rings (SSSR count). The van der Waals surface area contributed by atoms with E-state index in [1.807, 2.05) is 41.5 Å². The quantitative estimate of drug-likeness (QED) is 0.617. The molecule has 5 heteroatoms. The van der Waals surface area contributed by atoms with E-state index in [0.29, 0.717) is 19.6 Å². The highest BCUT2D eigenvalue weighted by Gasteiger charge is 2.44. The van der Waals surface area contributed by atoms with Crippen LogP contribution < -0.4 is 5.32 Å². The summed E-state index contributed by atoms with van der Waals surface area (Å²) in [5, 5.41) is 3.07. The molecule has 116 valence electrons. The van der Waals surface area contributed by atoms with E-state index in [0.717, 1.165) is 6.29 Å². The van der Waals surface area contributed by atoms with Crippen LogP contribution in [0, 0.1) is 11.3 Å². The second-order valence-electron chi connectivity index (χ2n) is 7.11. The predicted octanol–water partition coefficient (Wildman–Crippen LogP) is 1.90. The van der Waals surface area contributed by atoms with Crippen molar-refractivity contribution in [3.8, 4) is 0 Å². The zero-order chi connectivity index (χ0) is 15.6. The first kappa shape index (κ1) is 17.1. The van der Waals surface area contributed by atoms with E-state index in [1.165, 1.54) is 0 Å². The summed E-state index contributed by atoms with van der Waals surface area (Å²) in [6, 6.07) is 0. The lowest BCUT2D eigenvalue weighted by Gasteiger charge is -2.36. The molecule has 0 aliphatic carbocycles. The normalized spacial score (nSPS) is 25.3. The fourth-order valence-electron chi connectivity index (χ4n) is 2.12. The lowest BCUT2D eigenvalue weighted by atomic mass is 9.76. The van der Waals surface area contributed by atoms with E-state index in [4.69, 9.17) is 9.47 Å². The second-order valence-corrected chi connectivity index (χ2v) is 7.11. The van der Waals surface area contributed by atoms with Gasteiger partial charge in [-0.3, -0.25) is 14.9 Å². The molecule has 5 nitrogen and oxygen atoms in total. The SMILES string of the molecule is C[C@@H](CC1(C=O)NCCO1)C(C)(C)C(=O)OC(C)(C)C. The molecular formula is C15H27NO4. The molecule has 0 aromatic rings. The molecule has 1 unspecified atom stereocenters. The first-order valence-electron chi connectivity index (χ1n) is 7.11. The number of rotatable bonds is 5. The van der Waals surface area contributed by atoms with Gasteiger partial charge in [-0.1, -0.05) is 6.92 Å². The highest BCUT2D eigenvalue weighted by molar-refractivity contribution is 5.77. The van der Waals surface area contributed by atoms with Gasteiger partial charge in [0.15, 0.2) is 12.0 Å². The Kier molecular flexibility index (Phi) is 4.98. The molecule has 0 aromatic carbocycles. The van der Waals surface area contributed by atoms with Gasteiger partial charge in [0.2, 0.25) is 0 Å². The minimum absolute atomic E-state index is 0.0619. The monoisotopic (exact) mass is 285 g/mol. The highest BCUT2D eigenvalue weighted by atomic mass is 16.6. The molecule has 0 amide bonds. The molecule has 1 fully saturated rings. The zero-order valence-corrected chi connectivity index (χ0v) is 13.4. The molecule has 1 saturated heterocycles. The molecule has 1 N–H and O–H groups in total. The van der Waals surface area contributed by atoms with Crippen molar-refractivity contribution in [1.29, 1.82) is 0 Å². The molecule has 2 atom stereocenters. The van der Waals surface area contributed by atoms with Gasteiger partial charge < -0.3 is 9.47 Å².